The molecule has 7 heteroatoms. The van der Waals surface area contributed by atoms with E-state index in [0.717, 1.165) is 25.2 Å². The van der Waals surface area contributed by atoms with Crippen molar-refractivity contribution in [2.75, 3.05) is 51.6 Å². The minimum Gasteiger partial charge on any atom is -0.493 e. The lowest BCUT2D eigenvalue weighted by atomic mass is 9.96. The van der Waals surface area contributed by atoms with Crippen LogP contribution in [0.3, 0.4) is 0 Å². The standard InChI is InChI=1S/C28H34N4O3/c1-31(2)23-14-12-21(13-15-23)25(32-17-16-20-8-5-6-9-22(20)19-32)18-29-28(33)30-24-10-7-11-26(34-3)27(24)35-4/h5-15,25H,16-19H2,1-4H3,(H2,29,30,33)/t25-/m1/s1. The molecule has 1 aliphatic heterocycles. The fourth-order valence-corrected chi connectivity index (χ4v) is 4.58. The maximum absolute atomic E-state index is 12.9. The summed E-state index contributed by atoms with van der Waals surface area (Å²) in [6.45, 7) is 2.26. The predicted molar refractivity (Wildman–Crippen MR) is 141 cm³/mol. The number of nitrogens with one attached hydrogen (secondary N) is 2. The van der Waals surface area contributed by atoms with Gasteiger partial charge >= 0.3 is 6.03 Å². The molecule has 3 aromatic rings. The van der Waals surface area contributed by atoms with Gasteiger partial charge in [0.25, 0.3) is 0 Å². The SMILES string of the molecule is COc1cccc(NC(=O)NC[C@H](c2ccc(N(C)C)cc2)N2CCc3ccccc3C2)c1OC. The summed E-state index contributed by atoms with van der Waals surface area (Å²) < 4.78 is 10.8. The minimum atomic E-state index is -0.288. The maximum atomic E-state index is 12.9. The highest BCUT2D eigenvalue weighted by atomic mass is 16.5. The molecule has 7 nitrogen and oxygen atoms in total. The molecule has 2 N–H and O–H groups in total. The Kier molecular flexibility index (Phi) is 7.77. The number of rotatable bonds is 8. The van der Waals surface area contributed by atoms with E-state index in [1.807, 2.05) is 20.2 Å². The first-order chi connectivity index (χ1) is 17.0. The average molecular weight is 475 g/mol. The number of benzene rings is 3. The largest absolute Gasteiger partial charge is 0.493 e. The van der Waals surface area contributed by atoms with Gasteiger partial charge in [-0.25, -0.2) is 4.79 Å². The summed E-state index contributed by atoms with van der Waals surface area (Å²) in [4.78, 5) is 17.4. The molecule has 3 aromatic carbocycles. The lowest BCUT2D eigenvalue weighted by molar-refractivity contribution is 0.175. The normalized spacial score (nSPS) is 13.9. The Hall–Kier alpha value is -3.71. The van der Waals surface area contributed by atoms with Crippen LogP contribution in [0.15, 0.2) is 66.7 Å². The molecular formula is C28H34N4O3. The second-order valence-corrected chi connectivity index (χ2v) is 8.87. The van der Waals surface area contributed by atoms with Crippen molar-refractivity contribution in [1.82, 2.24) is 10.2 Å². The Bertz CT molecular complexity index is 1150. The Morgan fingerprint density at radius 1 is 0.971 bits per heavy atom. The number of para-hydroxylation sites is 1. The van der Waals surface area contributed by atoms with Crippen molar-refractivity contribution < 1.29 is 14.3 Å². The first-order valence-corrected chi connectivity index (χ1v) is 11.8. The lowest BCUT2D eigenvalue weighted by Crippen LogP contribution is -2.41. The summed E-state index contributed by atoms with van der Waals surface area (Å²) >= 11 is 0. The molecule has 0 aliphatic carbocycles. The molecule has 1 aliphatic rings. The third-order valence-electron chi connectivity index (χ3n) is 6.50. The fraction of sp³-hybridized carbons (Fsp3) is 0.321. The van der Waals surface area contributed by atoms with E-state index in [2.05, 4.69) is 69.0 Å². The van der Waals surface area contributed by atoms with Gasteiger partial charge in [-0.2, -0.15) is 0 Å². The number of fused-ring (bicyclic) bond motifs is 1. The van der Waals surface area contributed by atoms with Crippen LogP contribution in [0.2, 0.25) is 0 Å². The molecule has 0 bridgehead atoms. The van der Waals surface area contributed by atoms with Crippen LogP contribution >= 0.6 is 0 Å². The summed E-state index contributed by atoms with van der Waals surface area (Å²) in [5.41, 5.74) is 5.63. The summed E-state index contributed by atoms with van der Waals surface area (Å²) in [5, 5.41) is 5.98. The number of amides is 2. The number of nitrogens with zero attached hydrogens (tertiary/aromatic N) is 2. The van der Waals surface area contributed by atoms with Gasteiger partial charge in [-0.05, 0) is 47.4 Å². The highest BCUT2D eigenvalue weighted by Gasteiger charge is 2.25. The molecule has 1 heterocycles. The monoisotopic (exact) mass is 474 g/mol. The van der Waals surface area contributed by atoms with Crippen LogP contribution in [-0.2, 0) is 13.0 Å². The molecule has 0 spiro atoms. The second-order valence-electron chi connectivity index (χ2n) is 8.87. The van der Waals surface area contributed by atoms with E-state index in [4.69, 9.17) is 9.47 Å². The molecule has 0 radical (unpaired) electrons. The van der Waals surface area contributed by atoms with Gasteiger partial charge in [0.1, 0.15) is 0 Å². The molecule has 0 saturated carbocycles. The zero-order valence-electron chi connectivity index (χ0n) is 20.9. The highest BCUT2D eigenvalue weighted by Crippen LogP contribution is 2.34. The molecular weight excluding hydrogens is 440 g/mol. The Balaban J connectivity index is 1.51. The molecule has 184 valence electrons. The maximum Gasteiger partial charge on any atom is 0.319 e. The van der Waals surface area contributed by atoms with E-state index >= 15 is 0 Å². The Labute approximate surface area is 207 Å². The predicted octanol–water partition coefficient (Wildman–Crippen LogP) is 4.69. The smallest absolute Gasteiger partial charge is 0.319 e. The van der Waals surface area contributed by atoms with Crippen LogP contribution in [-0.4, -0.2) is 52.3 Å². The van der Waals surface area contributed by atoms with E-state index in [1.165, 1.54) is 16.7 Å². The quantitative estimate of drug-likeness (QED) is 0.496. The summed E-state index contributed by atoms with van der Waals surface area (Å²) in [7, 11) is 7.20. The second kappa shape index (κ2) is 11.1. The number of methoxy groups -OCH3 is 2. The molecule has 2 amide bonds. The summed E-state index contributed by atoms with van der Waals surface area (Å²) in [5.74, 6) is 1.06. The van der Waals surface area contributed by atoms with Crippen molar-refractivity contribution in [2.45, 2.75) is 19.0 Å². The number of carbonyl (C=O) groups excluding carboxylic acids is 1. The van der Waals surface area contributed by atoms with Crippen molar-refractivity contribution >= 4 is 17.4 Å². The molecule has 4 rings (SSSR count). The van der Waals surface area contributed by atoms with Gasteiger partial charge < -0.3 is 25.0 Å². The van der Waals surface area contributed by atoms with Crippen LogP contribution < -0.4 is 25.0 Å². The van der Waals surface area contributed by atoms with Crippen LogP contribution in [0.5, 0.6) is 11.5 Å². The number of hydrogen-bond donors (Lipinski definition) is 2. The molecule has 0 fully saturated rings. The first kappa shape index (κ1) is 24.4. The van der Waals surface area contributed by atoms with Gasteiger partial charge in [0.05, 0.1) is 25.9 Å². The first-order valence-electron chi connectivity index (χ1n) is 11.8. The molecule has 0 unspecified atom stereocenters. The topological polar surface area (TPSA) is 66.1 Å². The van der Waals surface area contributed by atoms with E-state index in [9.17, 15) is 4.79 Å². The fourth-order valence-electron chi connectivity index (χ4n) is 4.58. The van der Waals surface area contributed by atoms with Crippen molar-refractivity contribution in [3.8, 4) is 11.5 Å². The van der Waals surface area contributed by atoms with Gasteiger partial charge in [0, 0.05) is 39.4 Å². The summed E-state index contributed by atoms with van der Waals surface area (Å²) in [6, 6.07) is 22.3. The zero-order chi connectivity index (χ0) is 24.8. The van der Waals surface area contributed by atoms with Gasteiger partial charge in [-0.3, -0.25) is 4.90 Å². The van der Waals surface area contributed by atoms with Gasteiger partial charge in [-0.1, -0.05) is 42.5 Å². The molecule has 0 aromatic heterocycles. The van der Waals surface area contributed by atoms with Gasteiger partial charge in [-0.15, -0.1) is 0 Å². The van der Waals surface area contributed by atoms with Crippen LogP contribution in [0.25, 0.3) is 0 Å². The van der Waals surface area contributed by atoms with Crippen LogP contribution in [0.1, 0.15) is 22.7 Å². The van der Waals surface area contributed by atoms with E-state index in [-0.39, 0.29) is 12.1 Å². The number of hydrogen-bond acceptors (Lipinski definition) is 5. The van der Waals surface area contributed by atoms with E-state index in [1.54, 1.807) is 26.4 Å². The minimum absolute atomic E-state index is 0.0394. The third kappa shape index (κ3) is 5.69. The van der Waals surface area contributed by atoms with E-state index < -0.39 is 0 Å². The van der Waals surface area contributed by atoms with Crippen LogP contribution in [0, 0.1) is 0 Å². The Morgan fingerprint density at radius 2 is 1.71 bits per heavy atom. The van der Waals surface area contributed by atoms with Crippen molar-refractivity contribution in [1.29, 1.82) is 0 Å². The number of anilines is 2. The van der Waals surface area contributed by atoms with Crippen LogP contribution in [0.4, 0.5) is 16.2 Å². The van der Waals surface area contributed by atoms with Crippen molar-refractivity contribution in [2.24, 2.45) is 0 Å². The lowest BCUT2D eigenvalue weighted by Gasteiger charge is -2.36. The van der Waals surface area contributed by atoms with Gasteiger partial charge in [0.2, 0.25) is 0 Å². The van der Waals surface area contributed by atoms with Gasteiger partial charge in [0.15, 0.2) is 11.5 Å². The number of urea groups is 1. The average Bonchev–Trinajstić information content (AvgIpc) is 2.88. The molecule has 0 saturated heterocycles. The third-order valence-corrected chi connectivity index (χ3v) is 6.50. The van der Waals surface area contributed by atoms with E-state index in [0.29, 0.717) is 23.7 Å². The number of ether oxygens (including phenoxy) is 2. The highest BCUT2D eigenvalue weighted by molar-refractivity contribution is 5.91. The number of carbonyl (C=O) groups is 1. The molecule has 1 atom stereocenters. The summed E-state index contributed by atoms with van der Waals surface area (Å²) in [6.07, 6.45) is 0.996. The van der Waals surface area contributed by atoms with Crippen molar-refractivity contribution in [3.63, 3.8) is 0 Å². The molecule has 35 heavy (non-hydrogen) atoms. The zero-order valence-corrected chi connectivity index (χ0v) is 20.9. The van der Waals surface area contributed by atoms with Crippen molar-refractivity contribution in [3.05, 3.63) is 83.4 Å². The Morgan fingerprint density at radius 3 is 2.40 bits per heavy atom.